The molecule has 0 aliphatic carbocycles. The van der Waals surface area contributed by atoms with Gasteiger partial charge in [-0.15, -0.1) is 0 Å². The van der Waals surface area contributed by atoms with Crippen molar-refractivity contribution in [3.8, 4) is 0 Å². The van der Waals surface area contributed by atoms with Crippen LogP contribution in [0.1, 0.15) is 23.6 Å². The molecular weight excluding hydrogens is 460 g/mol. The minimum Gasteiger partial charge on any atom is -0.446 e. The summed E-state index contributed by atoms with van der Waals surface area (Å²) in [6.45, 7) is 2.38. The highest BCUT2D eigenvalue weighted by Gasteiger charge is 2.34. The van der Waals surface area contributed by atoms with Crippen LogP contribution >= 0.6 is 0 Å². The molecule has 0 radical (unpaired) electrons. The first-order chi connectivity index (χ1) is 15.3. The second kappa shape index (κ2) is 9.27. The van der Waals surface area contributed by atoms with E-state index in [1.54, 1.807) is 4.90 Å². The van der Waals surface area contributed by atoms with Crippen LogP contribution in [0.5, 0.6) is 0 Å². The Morgan fingerprint density at radius 2 is 1.70 bits per heavy atom. The zero-order chi connectivity index (χ0) is 24.4. The van der Waals surface area contributed by atoms with E-state index in [1.807, 2.05) is 4.98 Å². The Kier molecular flexibility index (Phi) is 6.84. The quantitative estimate of drug-likeness (QED) is 0.678. The number of halogens is 6. The Morgan fingerprint density at radius 3 is 2.24 bits per heavy atom. The molecular formula is C19H19F6N5O3. The second-order valence-corrected chi connectivity index (χ2v) is 7.39. The van der Waals surface area contributed by atoms with E-state index in [2.05, 4.69) is 9.97 Å². The molecule has 0 saturated carbocycles. The first kappa shape index (κ1) is 24.3. The summed E-state index contributed by atoms with van der Waals surface area (Å²) >= 11 is 0. The number of hydrogen-bond donors (Lipinski definition) is 1. The highest BCUT2D eigenvalue weighted by molar-refractivity contribution is 5.68. The maximum absolute atomic E-state index is 12.9. The number of alkyl halides is 6. The van der Waals surface area contributed by atoms with Gasteiger partial charge < -0.3 is 19.5 Å². The van der Waals surface area contributed by atoms with Gasteiger partial charge in [0.15, 0.2) is 0 Å². The topological polar surface area (TPSA) is 91.4 Å². The molecule has 1 saturated heterocycles. The van der Waals surface area contributed by atoms with Crippen LogP contribution in [0.4, 0.5) is 37.1 Å². The average molecular weight is 479 g/mol. The Hall–Kier alpha value is -3.32. The van der Waals surface area contributed by atoms with Gasteiger partial charge in [-0.3, -0.25) is 4.79 Å². The molecule has 0 aromatic carbocycles. The molecule has 14 heteroatoms. The van der Waals surface area contributed by atoms with E-state index < -0.39 is 41.2 Å². The van der Waals surface area contributed by atoms with Gasteiger partial charge in [0, 0.05) is 51.2 Å². The van der Waals surface area contributed by atoms with E-state index in [0.29, 0.717) is 18.5 Å². The number of nitrogens with one attached hydrogen (secondary N) is 1. The fourth-order valence-corrected chi connectivity index (χ4v) is 3.20. The molecule has 1 aliphatic rings. The number of aromatic amines is 1. The van der Waals surface area contributed by atoms with Gasteiger partial charge in [-0.2, -0.15) is 26.3 Å². The van der Waals surface area contributed by atoms with Crippen molar-refractivity contribution in [2.75, 3.05) is 31.1 Å². The first-order valence-electron chi connectivity index (χ1n) is 9.73. The highest BCUT2D eigenvalue weighted by Crippen LogP contribution is 2.29. The Balaban J connectivity index is 1.52. The van der Waals surface area contributed by atoms with Crippen molar-refractivity contribution in [3.05, 3.63) is 51.7 Å². The van der Waals surface area contributed by atoms with Crippen molar-refractivity contribution in [1.82, 2.24) is 19.9 Å². The maximum Gasteiger partial charge on any atom is 0.421 e. The molecule has 1 aliphatic heterocycles. The van der Waals surface area contributed by atoms with Crippen LogP contribution in [-0.4, -0.2) is 58.2 Å². The van der Waals surface area contributed by atoms with Gasteiger partial charge in [0.05, 0.1) is 5.56 Å². The summed E-state index contributed by atoms with van der Waals surface area (Å²) in [4.78, 5) is 36.2. The summed E-state index contributed by atoms with van der Waals surface area (Å²) in [6.07, 6.45) is -8.36. The summed E-state index contributed by atoms with van der Waals surface area (Å²) in [5.74, 6) is 0.0999. The van der Waals surface area contributed by atoms with E-state index in [1.165, 1.54) is 11.8 Å². The molecule has 2 aromatic heterocycles. The number of carbonyl (C=O) groups excluding carboxylic acids is 1. The predicted octanol–water partition coefficient (Wildman–Crippen LogP) is 3.09. The molecule has 180 valence electrons. The average Bonchev–Trinajstić information content (AvgIpc) is 2.74. The van der Waals surface area contributed by atoms with Gasteiger partial charge in [-0.25, -0.2) is 14.8 Å². The lowest BCUT2D eigenvalue weighted by Crippen LogP contribution is -2.50. The summed E-state index contributed by atoms with van der Waals surface area (Å²) < 4.78 is 81.7. The Labute approximate surface area is 183 Å². The third-order valence-corrected chi connectivity index (χ3v) is 4.88. The van der Waals surface area contributed by atoms with E-state index >= 15 is 0 Å². The summed E-state index contributed by atoms with van der Waals surface area (Å²) in [6, 6.07) is 0.714. The first-order valence-corrected chi connectivity index (χ1v) is 9.73. The van der Waals surface area contributed by atoms with Crippen molar-refractivity contribution >= 4 is 12.0 Å². The Bertz CT molecular complexity index is 1030. The molecule has 0 bridgehead atoms. The predicted molar refractivity (Wildman–Crippen MR) is 103 cm³/mol. The standard InChI is InChI=1S/C19H19F6N5O3/c1-11(6-12-7-14(19(23,24)25)15(31)26-8-12)33-17(32)30-4-2-29(3-5-30)16-27-9-13(10-28-16)18(20,21)22/h7-11H,2-6H2,1H3,(H,26,31)/t11-/m0/s1. The van der Waals surface area contributed by atoms with Gasteiger partial charge >= 0.3 is 18.4 Å². The number of anilines is 1. The van der Waals surface area contributed by atoms with Crippen LogP contribution in [0.25, 0.3) is 0 Å². The minimum absolute atomic E-state index is 0.0506. The molecule has 8 nitrogen and oxygen atoms in total. The van der Waals surface area contributed by atoms with E-state index in [9.17, 15) is 35.9 Å². The zero-order valence-corrected chi connectivity index (χ0v) is 17.2. The molecule has 1 fully saturated rings. The Morgan fingerprint density at radius 1 is 1.09 bits per heavy atom. The number of carbonyl (C=O) groups is 1. The number of H-pyrrole nitrogens is 1. The second-order valence-electron chi connectivity index (χ2n) is 7.39. The van der Waals surface area contributed by atoms with Crippen molar-refractivity contribution in [1.29, 1.82) is 0 Å². The lowest BCUT2D eigenvalue weighted by atomic mass is 10.1. The van der Waals surface area contributed by atoms with Crippen LogP contribution in [0, 0.1) is 0 Å². The lowest BCUT2D eigenvalue weighted by molar-refractivity contribution is -0.139. The summed E-state index contributed by atoms with van der Waals surface area (Å²) in [7, 11) is 0. The SMILES string of the molecule is C[C@@H](Cc1c[nH]c(=O)c(C(F)(F)F)c1)OC(=O)N1CCN(c2ncc(C(F)(F)F)cn2)CC1. The maximum atomic E-state index is 12.9. The van der Waals surface area contributed by atoms with Crippen LogP contribution in [0.3, 0.4) is 0 Å². The molecule has 1 atom stereocenters. The third kappa shape index (κ3) is 6.14. The molecule has 1 N–H and O–H groups in total. The minimum atomic E-state index is -4.81. The number of rotatable bonds is 4. The number of pyridine rings is 1. The van der Waals surface area contributed by atoms with Crippen LogP contribution in [-0.2, 0) is 23.5 Å². The smallest absolute Gasteiger partial charge is 0.421 e. The van der Waals surface area contributed by atoms with Crippen LogP contribution in [0.15, 0.2) is 29.5 Å². The van der Waals surface area contributed by atoms with Crippen LogP contribution < -0.4 is 10.5 Å². The van der Waals surface area contributed by atoms with Gasteiger partial charge in [0.2, 0.25) is 5.95 Å². The van der Waals surface area contributed by atoms with E-state index in [0.717, 1.165) is 6.20 Å². The largest absolute Gasteiger partial charge is 0.446 e. The van der Waals surface area contributed by atoms with Crippen LogP contribution in [0.2, 0.25) is 0 Å². The number of ether oxygens (including phenoxy) is 1. The van der Waals surface area contributed by atoms with Gasteiger partial charge in [0.1, 0.15) is 11.7 Å². The number of nitrogens with zero attached hydrogens (tertiary/aromatic N) is 4. The van der Waals surface area contributed by atoms with Crippen molar-refractivity contribution < 1.29 is 35.9 Å². The number of piperazine rings is 1. The molecule has 3 heterocycles. The summed E-state index contributed by atoms with van der Waals surface area (Å²) in [5.41, 5.74) is -3.41. The number of hydrogen-bond acceptors (Lipinski definition) is 6. The van der Waals surface area contributed by atoms with E-state index in [4.69, 9.17) is 4.74 Å². The van der Waals surface area contributed by atoms with Gasteiger partial charge in [-0.05, 0) is 18.6 Å². The number of amides is 1. The molecule has 33 heavy (non-hydrogen) atoms. The van der Waals surface area contributed by atoms with Crippen molar-refractivity contribution in [2.45, 2.75) is 31.8 Å². The fraction of sp³-hybridized carbons (Fsp3) is 0.474. The van der Waals surface area contributed by atoms with E-state index in [-0.39, 0.29) is 44.1 Å². The van der Waals surface area contributed by atoms with Crippen molar-refractivity contribution in [3.63, 3.8) is 0 Å². The number of aromatic nitrogens is 3. The monoisotopic (exact) mass is 479 g/mol. The lowest BCUT2D eigenvalue weighted by Gasteiger charge is -2.34. The van der Waals surface area contributed by atoms with Gasteiger partial charge in [-0.1, -0.05) is 0 Å². The van der Waals surface area contributed by atoms with Crippen molar-refractivity contribution in [2.24, 2.45) is 0 Å². The fourth-order valence-electron chi connectivity index (χ4n) is 3.20. The molecule has 1 amide bonds. The highest BCUT2D eigenvalue weighted by atomic mass is 19.4. The normalized spacial score (nSPS) is 16.0. The summed E-state index contributed by atoms with van der Waals surface area (Å²) in [5, 5.41) is 0. The molecule has 3 rings (SSSR count). The molecule has 2 aromatic rings. The molecule has 0 unspecified atom stereocenters. The zero-order valence-electron chi connectivity index (χ0n) is 17.2. The third-order valence-electron chi connectivity index (χ3n) is 4.88. The van der Waals surface area contributed by atoms with Gasteiger partial charge in [0.25, 0.3) is 5.56 Å². The molecule has 0 spiro atoms.